The number of rotatable bonds is 8. The third-order valence-corrected chi connectivity index (χ3v) is 8.51. The van der Waals surface area contributed by atoms with Crippen LogP contribution >= 0.6 is 11.3 Å². The summed E-state index contributed by atoms with van der Waals surface area (Å²) in [6.45, 7) is 2.57. The van der Waals surface area contributed by atoms with Gasteiger partial charge in [0.15, 0.2) is 0 Å². The van der Waals surface area contributed by atoms with Gasteiger partial charge in [0.1, 0.15) is 16.3 Å². The minimum atomic E-state index is -2.54. The van der Waals surface area contributed by atoms with E-state index in [-0.39, 0.29) is 31.4 Å². The predicted octanol–water partition coefficient (Wildman–Crippen LogP) is 5.36. The van der Waals surface area contributed by atoms with E-state index in [1.165, 1.54) is 0 Å². The molecule has 0 bridgehead atoms. The Kier molecular flexibility index (Phi) is 5.83. The molecule has 3 N–H and O–H groups in total. The highest BCUT2D eigenvalue weighted by Crippen LogP contribution is 2.45. The number of alkyl halides is 2. The van der Waals surface area contributed by atoms with Gasteiger partial charge in [0.05, 0.1) is 21.7 Å². The van der Waals surface area contributed by atoms with Crippen LogP contribution in [-0.4, -0.2) is 50.2 Å². The van der Waals surface area contributed by atoms with E-state index >= 15 is 0 Å². The van der Waals surface area contributed by atoms with Gasteiger partial charge in [-0.3, -0.25) is 4.98 Å². The Labute approximate surface area is 206 Å². The summed E-state index contributed by atoms with van der Waals surface area (Å²) in [5.41, 5.74) is 3.71. The summed E-state index contributed by atoms with van der Waals surface area (Å²) in [6, 6.07) is 2.22. The summed E-state index contributed by atoms with van der Waals surface area (Å²) in [5, 5.41) is 17.2. The highest BCUT2D eigenvalue weighted by Gasteiger charge is 2.45. The molecule has 0 saturated heterocycles. The van der Waals surface area contributed by atoms with Crippen molar-refractivity contribution in [2.75, 3.05) is 23.8 Å². The second-order valence-electron chi connectivity index (χ2n) is 10.4. The Hall–Kier alpha value is -2.46. The van der Waals surface area contributed by atoms with Crippen LogP contribution in [0.3, 0.4) is 0 Å². The second-order valence-corrected chi connectivity index (χ2v) is 11.4. The minimum absolute atomic E-state index is 0.0669. The van der Waals surface area contributed by atoms with Gasteiger partial charge in [-0.25, -0.2) is 18.7 Å². The number of aliphatic hydroxyl groups excluding tert-OH is 1. The fourth-order valence-electron chi connectivity index (χ4n) is 5.38. The average molecular weight is 501 g/mol. The largest absolute Gasteiger partial charge is 0.396 e. The Morgan fingerprint density at radius 3 is 2.66 bits per heavy atom. The van der Waals surface area contributed by atoms with Crippen molar-refractivity contribution < 1.29 is 13.9 Å². The quantitative estimate of drug-likeness (QED) is 0.383. The Bertz CT molecular complexity index is 1240. The normalized spacial score (nSPS) is 24.0. The molecule has 0 aromatic carbocycles. The lowest BCUT2D eigenvalue weighted by Crippen LogP contribution is -2.39. The van der Waals surface area contributed by atoms with Crippen LogP contribution in [0, 0.1) is 18.8 Å². The number of aliphatic hydroxyl groups is 1. The predicted molar refractivity (Wildman–Crippen MR) is 133 cm³/mol. The second kappa shape index (κ2) is 8.89. The van der Waals surface area contributed by atoms with Gasteiger partial charge in [-0.1, -0.05) is 0 Å². The number of aromatic nitrogens is 4. The molecule has 3 aliphatic carbocycles. The van der Waals surface area contributed by atoms with Gasteiger partial charge in [0, 0.05) is 44.1 Å². The third-order valence-electron chi connectivity index (χ3n) is 7.47. The van der Waals surface area contributed by atoms with E-state index in [0.717, 1.165) is 64.3 Å². The molecule has 3 aliphatic rings. The topological polar surface area (TPSA) is 95.9 Å². The van der Waals surface area contributed by atoms with Crippen LogP contribution in [0.25, 0.3) is 20.8 Å². The SMILES string of the molecule is Cc1nc(NCC2CC(F)(F)C2)nc(NC2CCC(CO)C2)c1-c1nc2c(C3CC3)nccc2s1. The third kappa shape index (κ3) is 4.70. The molecule has 6 rings (SSSR count). The van der Waals surface area contributed by atoms with E-state index in [4.69, 9.17) is 9.97 Å². The number of thiazole rings is 1. The summed E-state index contributed by atoms with van der Waals surface area (Å²) < 4.78 is 27.6. The van der Waals surface area contributed by atoms with E-state index in [1.807, 2.05) is 19.2 Å². The number of hydrogen-bond donors (Lipinski definition) is 3. The molecule has 0 amide bonds. The van der Waals surface area contributed by atoms with E-state index in [0.29, 0.717) is 30.1 Å². The van der Waals surface area contributed by atoms with E-state index in [2.05, 4.69) is 20.6 Å². The van der Waals surface area contributed by atoms with E-state index < -0.39 is 5.92 Å². The fraction of sp³-hybridized carbons (Fsp3) is 0.600. The first-order valence-corrected chi connectivity index (χ1v) is 13.3. The number of halogens is 2. The number of aryl methyl sites for hydroxylation is 1. The zero-order valence-corrected chi connectivity index (χ0v) is 20.5. The molecule has 3 saturated carbocycles. The van der Waals surface area contributed by atoms with Gasteiger partial charge in [-0.15, -0.1) is 11.3 Å². The highest BCUT2D eigenvalue weighted by atomic mass is 32.1. The number of nitrogens with one attached hydrogen (secondary N) is 2. The molecule has 0 aliphatic heterocycles. The summed E-state index contributed by atoms with van der Waals surface area (Å²) >= 11 is 1.62. The monoisotopic (exact) mass is 500 g/mol. The number of nitrogens with zero attached hydrogens (tertiary/aromatic N) is 4. The molecule has 2 atom stereocenters. The number of pyridine rings is 1. The first-order valence-electron chi connectivity index (χ1n) is 12.5. The van der Waals surface area contributed by atoms with Crippen LogP contribution in [0.15, 0.2) is 12.3 Å². The van der Waals surface area contributed by atoms with Crippen molar-refractivity contribution >= 4 is 33.3 Å². The van der Waals surface area contributed by atoms with E-state index in [9.17, 15) is 13.9 Å². The molecule has 3 aromatic heterocycles. The van der Waals surface area contributed by atoms with Crippen molar-refractivity contribution in [2.24, 2.45) is 11.8 Å². The molecule has 3 fully saturated rings. The molecule has 35 heavy (non-hydrogen) atoms. The van der Waals surface area contributed by atoms with Crippen LogP contribution in [0.4, 0.5) is 20.5 Å². The lowest BCUT2D eigenvalue weighted by atomic mass is 9.81. The van der Waals surface area contributed by atoms with Crippen LogP contribution in [0.5, 0.6) is 0 Å². The summed E-state index contributed by atoms with van der Waals surface area (Å²) in [7, 11) is 0. The van der Waals surface area contributed by atoms with Crippen molar-refractivity contribution in [3.8, 4) is 10.6 Å². The first-order chi connectivity index (χ1) is 16.9. The number of fused-ring (bicyclic) bond motifs is 1. The van der Waals surface area contributed by atoms with E-state index in [1.54, 1.807) is 11.3 Å². The highest BCUT2D eigenvalue weighted by molar-refractivity contribution is 7.21. The molecule has 7 nitrogen and oxygen atoms in total. The van der Waals surface area contributed by atoms with Gasteiger partial charge in [0.25, 0.3) is 0 Å². The van der Waals surface area contributed by atoms with Crippen LogP contribution in [0.1, 0.15) is 62.3 Å². The molecule has 3 aromatic rings. The smallest absolute Gasteiger partial charge is 0.248 e. The van der Waals surface area contributed by atoms with Crippen LogP contribution in [0.2, 0.25) is 0 Å². The maximum atomic E-state index is 13.2. The van der Waals surface area contributed by atoms with Crippen molar-refractivity contribution in [1.82, 2.24) is 19.9 Å². The lowest BCUT2D eigenvalue weighted by molar-refractivity contribution is -0.106. The van der Waals surface area contributed by atoms with Crippen LogP contribution in [-0.2, 0) is 0 Å². The summed E-state index contributed by atoms with van der Waals surface area (Å²) in [4.78, 5) is 19.1. The van der Waals surface area contributed by atoms with Gasteiger partial charge in [-0.05, 0) is 56.9 Å². The molecule has 0 radical (unpaired) electrons. The summed E-state index contributed by atoms with van der Waals surface area (Å²) in [6.07, 6.45) is 6.84. The summed E-state index contributed by atoms with van der Waals surface area (Å²) in [5.74, 6) is -0.645. The first kappa shape index (κ1) is 23.0. The molecule has 2 unspecified atom stereocenters. The average Bonchev–Trinajstić information content (AvgIpc) is 3.40. The Balaban J connectivity index is 1.32. The molecule has 186 valence electrons. The molecular formula is C25H30F2N6OS. The standard InChI is InChI=1S/C25H30F2N6OS/c1-13-19(23-32-21-18(35-23)6-7-28-20(21)16-3-4-16)22(31-17-5-2-14(8-17)12-34)33-24(30-13)29-11-15-9-25(26,27)10-15/h6-7,14-17,34H,2-5,8-12H2,1H3,(H2,29,30,31,33). The van der Waals surface area contributed by atoms with Gasteiger partial charge in [0.2, 0.25) is 11.9 Å². The molecule has 10 heteroatoms. The lowest BCUT2D eigenvalue weighted by Gasteiger charge is -2.34. The zero-order chi connectivity index (χ0) is 24.2. The molecule has 3 heterocycles. The number of hydrogen-bond acceptors (Lipinski definition) is 8. The van der Waals surface area contributed by atoms with Gasteiger partial charge < -0.3 is 15.7 Å². The zero-order valence-electron chi connectivity index (χ0n) is 19.7. The van der Waals surface area contributed by atoms with Gasteiger partial charge in [-0.2, -0.15) is 4.98 Å². The van der Waals surface area contributed by atoms with Gasteiger partial charge >= 0.3 is 0 Å². The van der Waals surface area contributed by atoms with Crippen molar-refractivity contribution in [2.45, 2.75) is 69.8 Å². The van der Waals surface area contributed by atoms with Crippen molar-refractivity contribution in [1.29, 1.82) is 0 Å². The maximum absolute atomic E-state index is 13.2. The van der Waals surface area contributed by atoms with Crippen molar-refractivity contribution in [3.05, 3.63) is 23.7 Å². The van der Waals surface area contributed by atoms with Crippen molar-refractivity contribution in [3.63, 3.8) is 0 Å². The van der Waals surface area contributed by atoms with Crippen LogP contribution < -0.4 is 10.6 Å². The maximum Gasteiger partial charge on any atom is 0.248 e. The minimum Gasteiger partial charge on any atom is -0.396 e. The fourth-order valence-corrected chi connectivity index (χ4v) is 6.45. The molecular weight excluding hydrogens is 470 g/mol. The Morgan fingerprint density at radius 1 is 1.11 bits per heavy atom. The molecule has 0 spiro atoms. The Morgan fingerprint density at radius 2 is 1.94 bits per heavy atom. The number of anilines is 2.